The molecule has 1 N–H and O–H groups in total. The topological polar surface area (TPSA) is 56.1 Å². The summed E-state index contributed by atoms with van der Waals surface area (Å²) in [7, 11) is 0. The number of Topliss-reactive ketones (excluding diaryl/α,β-unsaturated/α-hetero) is 1. The third-order valence-electron chi connectivity index (χ3n) is 6.45. The molecule has 0 bridgehead atoms. The van der Waals surface area contributed by atoms with Crippen molar-refractivity contribution in [2.24, 2.45) is 10.8 Å². The smallest absolute Gasteiger partial charge is 0.406 e. The number of rotatable bonds is 6. The molecule has 1 heterocycles. The quantitative estimate of drug-likeness (QED) is 0.389. The molecule has 0 saturated heterocycles. The van der Waals surface area contributed by atoms with Crippen LogP contribution in [0.1, 0.15) is 65.5 Å². The molecule has 1 aliphatic rings. The summed E-state index contributed by atoms with van der Waals surface area (Å²) in [5, 5.41) is 3.31. The molecular formula is C27H32F3N3O2. The van der Waals surface area contributed by atoms with Crippen LogP contribution in [0.5, 0.6) is 5.75 Å². The van der Waals surface area contributed by atoms with E-state index in [1.54, 1.807) is 19.1 Å². The predicted octanol–water partition coefficient (Wildman–Crippen LogP) is 7.59. The Morgan fingerprint density at radius 3 is 2.29 bits per heavy atom. The summed E-state index contributed by atoms with van der Waals surface area (Å²) in [6, 6.07) is 11.8. The zero-order chi connectivity index (χ0) is 25.6. The van der Waals surface area contributed by atoms with Gasteiger partial charge in [-0.25, -0.2) is 4.98 Å². The average Bonchev–Trinajstić information content (AvgIpc) is 3.02. The minimum Gasteiger partial charge on any atom is -0.406 e. The second kappa shape index (κ2) is 8.88. The molecule has 1 aromatic heterocycles. The standard InChI is InChI=1S/C27H32F3N3O2/c1-17(34)12-18-6-11-23-22(13-18)32-24(31-19-7-9-21(10-8-19)35-27(28,29)30)33(23)20-14-25(2,3)16-26(4,5)15-20/h6-11,13,20H,12,14-16H2,1-5H3,(H,31,32). The third-order valence-corrected chi connectivity index (χ3v) is 6.45. The van der Waals surface area contributed by atoms with Gasteiger partial charge in [0.25, 0.3) is 0 Å². The molecule has 0 spiro atoms. The van der Waals surface area contributed by atoms with Crippen LogP contribution in [-0.4, -0.2) is 21.7 Å². The van der Waals surface area contributed by atoms with Crippen LogP contribution >= 0.6 is 0 Å². The number of hydrogen-bond acceptors (Lipinski definition) is 4. The fourth-order valence-corrected chi connectivity index (χ4v) is 5.84. The molecular weight excluding hydrogens is 455 g/mol. The maximum absolute atomic E-state index is 12.5. The first-order valence-corrected chi connectivity index (χ1v) is 11.8. The van der Waals surface area contributed by atoms with Gasteiger partial charge in [0.15, 0.2) is 0 Å². The van der Waals surface area contributed by atoms with Crippen molar-refractivity contribution in [3.63, 3.8) is 0 Å². The van der Waals surface area contributed by atoms with Crippen LogP contribution in [0.2, 0.25) is 0 Å². The van der Waals surface area contributed by atoms with Gasteiger partial charge < -0.3 is 14.6 Å². The number of ketones is 1. The van der Waals surface area contributed by atoms with Crippen molar-refractivity contribution in [1.29, 1.82) is 0 Å². The predicted molar refractivity (Wildman–Crippen MR) is 131 cm³/mol. The number of carbonyl (C=O) groups excluding carboxylic acids is 1. The molecule has 3 aromatic rings. The molecule has 0 unspecified atom stereocenters. The van der Waals surface area contributed by atoms with Gasteiger partial charge in [-0.05, 0) is 79.0 Å². The molecule has 8 heteroatoms. The lowest BCUT2D eigenvalue weighted by molar-refractivity contribution is -0.274. The monoisotopic (exact) mass is 487 g/mol. The Morgan fingerprint density at radius 2 is 1.71 bits per heavy atom. The highest BCUT2D eigenvalue weighted by atomic mass is 19.4. The van der Waals surface area contributed by atoms with Crippen LogP contribution < -0.4 is 10.1 Å². The molecule has 188 valence electrons. The van der Waals surface area contributed by atoms with Crippen molar-refractivity contribution >= 4 is 28.5 Å². The van der Waals surface area contributed by atoms with Gasteiger partial charge in [-0.3, -0.25) is 4.79 Å². The Morgan fingerprint density at radius 1 is 1.09 bits per heavy atom. The Bertz CT molecular complexity index is 1210. The summed E-state index contributed by atoms with van der Waals surface area (Å²) >= 11 is 0. The summed E-state index contributed by atoms with van der Waals surface area (Å²) in [6.07, 6.45) is -1.32. The van der Waals surface area contributed by atoms with E-state index >= 15 is 0 Å². The third kappa shape index (κ3) is 6.16. The van der Waals surface area contributed by atoms with Gasteiger partial charge in [-0.1, -0.05) is 33.8 Å². The van der Waals surface area contributed by atoms with Gasteiger partial charge in [0.05, 0.1) is 11.0 Å². The Balaban J connectivity index is 1.74. The van der Waals surface area contributed by atoms with E-state index in [9.17, 15) is 18.0 Å². The minimum absolute atomic E-state index is 0.0825. The van der Waals surface area contributed by atoms with Gasteiger partial charge >= 0.3 is 6.36 Å². The van der Waals surface area contributed by atoms with Crippen molar-refractivity contribution in [3.8, 4) is 5.75 Å². The van der Waals surface area contributed by atoms with Crippen LogP contribution in [-0.2, 0) is 11.2 Å². The molecule has 0 atom stereocenters. The lowest BCUT2D eigenvalue weighted by Gasteiger charge is -2.45. The molecule has 0 radical (unpaired) electrons. The highest BCUT2D eigenvalue weighted by Gasteiger charge is 2.40. The average molecular weight is 488 g/mol. The summed E-state index contributed by atoms with van der Waals surface area (Å²) in [5.41, 5.74) is 3.55. The van der Waals surface area contributed by atoms with Gasteiger partial charge in [-0.2, -0.15) is 0 Å². The van der Waals surface area contributed by atoms with E-state index in [1.165, 1.54) is 12.1 Å². The van der Waals surface area contributed by atoms with Gasteiger partial charge in [0.2, 0.25) is 5.95 Å². The normalized spacial score (nSPS) is 17.9. The van der Waals surface area contributed by atoms with Crippen LogP contribution in [0.15, 0.2) is 42.5 Å². The van der Waals surface area contributed by atoms with Crippen LogP contribution in [0.25, 0.3) is 11.0 Å². The van der Waals surface area contributed by atoms with E-state index in [4.69, 9.17) is 4.98 Å². The second-order valence-corrected chi connectivity index (χ2v) is 11.3. The van der Waals surface area contributed by atoms with E-state index in [0.717, 1.165) is 35.9 Å². The van der Waals surface area contributed by atoms with Gasteiger partial charge in [-0.15, -0.1) is 13.2 Å². The largest absolute Gasteiger partial charge is 0.573 e. The van der Waals surface area contributed by atoms with Crippen molar-refractivity contribution in [2.45, 2.75) is 72.7 Å². The SMILES string of the molecule is CC(=O)Cc1ccc2c(c1)nc(Nc1ccc(OC(F)(F)F)cc1)n2C1CC(C)(C)CC(C)(C)C1. The Kier molecular flexibility index (Phi) is 6.36. The molecule has 4 rings (SSSR count). The van der Waals surface area contributed by atoms with E-state index < -0.39 is 6.36 Å². The van der Waals surface area contributed by atoms with Gasteiger partial charge in [0.1, 0.15) is 11.5 Å². The van der Waals surface area contributed by atoms with Crippen molar-refractivity contribution in [3.05, 3.63) is 48.0 Å². The molecule has 1 fully saturated rings. The van der Waals surface area contributed by atoms with Crippen molar-refractivity contribution < 1.29 is 22.7 Å². The molecule has 0 amide bonds. The first-order valence-electron chi connectivity index (χ1n) is 11.8. The minimum atomic E-state index is -4.74. The molecule has 5 nitrogen and oxygen atoms in total. The number of nitrogens with one attached hydrogen (secondary N) is 1. The summed E-state index contributed by atoms with van der Waals surface area (Å²) in [5.74, 6) is 0.434. The Labute approximate surface area is 203 Å². The van der Waals surface area contributed by atoms with E-state index in [-0.39, 0.29) is 28.4 Å². The number of benzene rings is 2. The fourth-order valence-electron chi connectivity index (χ4n) is 5.84. The van der Waals surface area contributed by atoms with Crippen molar-refractivity contribution in [2.75, 3.05) is 5.32 Å². The lowest BCUT2D eigenvalue weighted by Crippen LogP contribution is -2.35. The van der Waals surface area contributed by atoms with Crippen LogP contribution in [0.4, 0.5) is 24.8 Å². The number of carbonyl (C=O) groups is 1. The van der Waals surface area contributed by atoms with Gasteiger partial charge in [0, 0.05) is 18.2 Å². The number of imidazole rings is 1. The second-order valence-electron chi connectivity index (χ2n) is 11.3. The maximum atomic E-state index is 12.5. The first-order chi connectivity index (χ1) is 16.2. The van der Waals surface area contributed by atoms with E-state index in [0.29, 0.717) is 18.1 Å². The molecule has 1 saturated carbocycles. The summed E-state index contributed by atoms with van der Waals surface area (Å²) in [6.45, 7) is 10.7. The number of aromatic nitrogens is 2. The molecule has 0 aliphatic heterocycles. The van der Waals surface area contributed by atoms with E-state index in [1.807, 2.05) is 18.2 Å². The maximum Gasteiger partial charge on any atom is 0.573 e. The zero-order valence-corrected chi connectivity index (χ0v) is 20.8. The number of hydrogen-bond donors (Lipinski definition) is 1. The lowest BCUT2D eigenvalue weighted by atomic mass is 9.63. The van der Waals surface area contributed by atoms with Crippen LogP contribution in [0, 0.1) is 10.8 Å². The highest BCUT2D eigenvalue weighted by molar-refractivity contribution is 5.83. The number of anilines is 2. The first kappa shape index (κ1) is 25.1. The van der Waals surface area contributed by atoms with E-state index in [2.05, 4.69) is 42.3 Å². The number of ether oxygens (including phenoxy) is 1. The number of alkyl halides is 3. The molecule has 35 heavy (non-hydrogen) atoms. The van der Waals surface area contributed by atoms with Crippen molar-refractivity contribution in [1.82, 2.24) is 9.55 Å². The molecule has 1 aliphatic carbocycles. The summed E-state index contributed by atoms with van der Waals surface area (Å²) in [4.78, 5) is 16.5. The zero-order valence-electron chi connectivity index (χ0n) is 20.8. The number of fused-ring (bicyclic) bond motifs is 1. The molecule has 2 aromatic carbocycles. The highest BCUT2D eigenvalue weighted by Crippen LogP contribution is 2.51. The number of nitrogens with zero attached hydrogens (tertiary/aromatic N) is 2. The fraction of sp³-hybridized carbons (Fsp3) is 0.481. The van der Waals surface area contributed by atoms with Crippen LogP contribution in [0.3, 0.4) is 0 Å². The number of halogens is 3. The Hall–Kier alpha value is -3.03. The summed E-state index contributed by atoms with van der Waals surface area (Å²) < 4.78 is 43.8.